The van der Waals surface area contributed by atoms with Crippen molar-refractivity contribution in [2.24, 2.45) is 0 Å². The molecule has 0 aromatic rings. The summed E-state index contributed by atoms with van der Waals surface area (Å²) < 4.78 is 9.44. The van der Waals surface area contributed by atoms with Crippen molar-refractivity contribution in [3.63, 3.8) is 0 Å². The van der Waals surface area contributed by atoms with E-state index in [1.54, 1.807) is 0 Å². The zero-order chi connectivity index (χ0) is 11.4. The van der Waals surface area contributed by atoms with Crippen LogP contribution in [0.4, 0.5) is 4.79 Å². The van der Waals surface area contributed by atoms with E-state index < -0.39 is 24.2 Å². The van der Waals surface area contributed by atoms with E-state index in [9.17, 15) is 9.59 Å². The van der Waals surface area contributed by atoms with Crippen molar-refractivity contribution in [3.8, 4) is 6.07 Å². The molecule has 1 heterocycles. The molecule has 1 aliphatic rings. The SMILES string of the molecule is COC(=O)N1CC(OC(C)=O)CC1C#N. The van der Waals surface area contributed by atoms with Crippen molar-refractivity contribution in [1.82, 2.24) is 4.90 Å². The van der Waals surface area contributed by atoms with Gasteiger partial charge in [0.2, 0.25) is 0 Å². The molecule has 0 bridgehead atoms. The first-order chi connectivity index (χ1) is 7.08. The molecular formula is C9H12N2O4. The molecule has 6 heteroatoms. The highest BCUT2D eigenvalue weighted by molar-refractivity contribution is 5.69. The highest BCUT2D eigenvalue weighted by atomic mass is 16.6. The van der Waals surface area contributed by atoms with E-state index in [4.69, 9.17) is 10.00 Å². The summed E-state index contributed by atoms with van der Waals surface area (Å²) in [5, 5.41) is 8.79. The number of carbonyl (C=O) groups excluding carboxylic acids is 2. The number of amides is 1. The van der Waals surface area contributed by atoms with Crippen LogP contribution in [0.3, 0.4) is 0 Å². The standard InChI is InChI=1S/C9H12N2O4/c1-6(12)15-8-3-7(4-10)11(5-8)9(13)14-2/h7-8H,3,5H2,1-2H3. The van der Waals surface area contributed by atoms with Gasteiger partial charge in [0.05, 0.1) is 19.7 Å². The van der Waals surface area contributed by atoms with Crippen molar-refractivity contribution in [3.05, 3.63) is 0 Å². The Bertz CT molecular complexity index is 310. The van der Waals surface area contributed by atoms with Gasteiger partial charge in [-0.3, -0.25) is 9.69 Å². The van der Waals surface area contributed by atoms with Gasteiger partial charge in [-0.15, -0.1) is 0 Å². The number of nitrogens with zero attached hydrogens (tertiary/aromatic N) is 2. The molecule has 0 radical (unpaired) electrons. The molecule has 1 amide bonds. The molecule has 2 atom stereocenters. The molecule has 2 unspecified atom stereocenters. The third kappa shape index (κ3) is 2.59. The van der Waals surface area contributed by atoms with Gasteiger partial charge in [0.1, 0.15) is 12.1 Å². The fourth-order valence-corrected chi connectivity index (χ4v) is 1.56. The predicted octanol–water partition coefficient (Wildman–Crippen LogP) is 0.282. The second-order valence-electron chi connectivity index (χ2n) is 3.23. The van der Waals surface area contributed by atoms with Crippen molar-refractivity contribution in [2.75, 3.05) is 13.7 Å². The van der Waals surface area contributed by atoms with Gasteiger partial charge >= 0.3 is 12.1 Å². The van der Waals surface area contributed by atoms with Crippen LogP contribution in [0, 0.1) is 11.3 Å². The zero-order valence-electron chi connectivity index (χ0n) is 8.60. The maximum Gasteiger partial charge on any atom is 0.410 e. The lowest BCUT2D eigenvalue weighted by atomic mass is 10.2. The normalized spacial score (nSPS) is 24.5. The first-order valence-electron chi connectivity index (χ1n) is 4.50. The van der Waals surface area contributed by atoms with Crippen LogP contribution in [0.15, 0.2) is 0 Å². The Morgan fingerprint density at radius 3 is 2.67 bits per heavy atom. The first kappa shape index (κ1) is 11.3. The molecule has 0 spiro atoms. The Balaban J connectivity index is 2.63. The Hall–Kier alpha value is -1.77. The van der Waals surface area contributed by atoms with Gasteiger partial charge in [0.15, 0.2) is 0 Å². The first-order valence-corrected chi connectivity index (χ1v) is 4.50. The molecule has 82 valence electrons. The van der Waals surface area contributed by atoms with Gasteiger partial charge in [-0.2, -0.15) is 5.26 Å². The number of carbonyl (C=O) groups is 2. The highest BCUT2D eigenvalue weighted by Crippen LogP contribution is 2.20. The zero-order valence-corrected chi connectivity index (χ0v) is 8.60. The van der Waals surface area contributed by atoms with Gasteiger partial charge < -0.3 is 9.47 Å². The van der Waals surface area contributed by atoms with Crippen molar-refractivity contribution in [1.29, 1.82) is 5.26 Å². The maximum atomic E-state index is 11.2. The van der Waals surface area contributed by atoms with Crippen LogP contribution in [-0.2, 0) is 14.3 Å². The number of rotatable bonds is 1. The Morgan fingerprint density at radius 2 is 2.20 bits per heavy atom. The van der Waals surface area contributed by atoms with E-state index in [-0.39, 0.29) is 6.54 Å². The van der Waals surface area contributed by atoms with Gasteiger partial charge in [0.25, 0.3) is 0 Å². The molecule has 1 fully saturated rings. The fraction of sp³-hybridized carbons (Fsp3) is 0.667. The van der Waals surface area contributed by atoms with Crippen LogP contribution in [0.2, 0.25) is 0 Å². The second-order valence-corrected chi connectivity index (χ2v) is 3.23. The summed E-state index contributed by atoms with van der Waals surface area (Å²) in [7, 11) is 1.25. The lowest BCUT2D eigenvalue weighted by Gasteiger charge is -2.16. The Labute approximate surface area is 87.4 Å². The summed E-state index contributed by atoms with van der Waals surface area (Å²) in [6.07, 6.45) is -0.645. The van der Waals surface area contributed by atoms with Gasteiger partial charge in [0, 0.05) is 13.3 Å². The van der Waals surface area contributed by atoms with Crippen LogP contribution < -0.4 is 0 Å². The number of methoxy groups -OCH3 is 1. The molecule has 0 saturated carbocycles. The summed E-state index contributed by atoms with van der Waals surface area (Å²) >= 11 is 0. The summed E-state index contributed by atoms with van der Waals surface area (Å²) in [6, 6.07) is 1.38. The molecule has 1 aliphatic heterocycles. The molecule has 0 N–H and O–H groups in total. The molecule has 1 rings (SSSR count). The Kier molecular flexibility index (Phi) is 3.50. The molecule has 1 saturated heterocycles. The van der Waals surface area contributed by atoms with E-state index in [1.807, 2.05) is 6.07 Å². The van der Waals surface area contributed by atoms with Gasteiger partial charge in [-0.1, -0.05) is 0 Å². The monoisotopic (exact) mass is 212 g/mol. The van der Waals surface area contributed by atoms with E-state index in [0.29, 0.717) is 6.42 Å². The minimum Gasteiger partial charge on any atom is -0.461 e. The third-order valence-electron chi connectivity index (χ3n) is 2.15. The minimum atomic E-state index is -0.582. The van der Waals surface area contributed by atoms with Gasteiger partial charge in [-0.25, -0.2) is 4.79 Å². The van der Waals surface area contributed by atoms with E-state index in [0.717, 1.165) is 0 Å². The summed E-state index contributed by atoms with van der Waals surface area (Å²) in [6.45, 7) is 1.51. The smallest absolute Gasteiger partial charge is 0.410 e. The van der Waals surface area contributed by atoms with Gasteiger partial charge in [-0.05, 0) is 0 Å². The quantitative estimate of drug-likeness (QED) is 0.583. The number of hydrogen-bond donors (Lipinski definition) is 0. The van der Waals surface area contributed by atoms with E-state index in [2.05, 4.69) is 4.74 Å². The minimum absolute atomic E-state index is 0.213. The van der Waals surface area contributed by atoms with E-state index in [1.165, 1.54) is 18.9 Å². The number of hydrogen-bond acceptors (Lipinski definition) is 5. The second kappa shape index (κ2) is 4.64. The lowest BCUT2D eigenvalue weighted by Crippen LogP contribution is -2.35. The highest BCUT2D eigenvalue weighted by Gasteiger charge is 2.37. The number of likely N-dealkylation sites (tertiary alicyclic amines) is 1. The average Bonchev–Trinajstić information content (AvgIpc) is 2.58. The largest absolute Gasteiger partial charge is 0.461 e. The van der Waals surface area contributed by atoms with Crippen molar-refractivity contribution >= 4 is 12.1 Å². The summed E-state index contributed by atoms with van der Waals surface area (Å²) in [5.74, 6) is -0.414. The molecule has 15 heavy (non-hydrogen) atoms. The van der Waals surface area contributed by atoms with Crippen molar-refractivity contribution < 1.29 is 19.1 Å². The van der Waals surface area contributed by atoms with Crippen LogP contribution in [-0.4, -0.2) is 42.8 Å². The summed E-state index contributed by atoms with van der Waals surface area (Å²) in [4.78, 5) is 23.2. The van der Waals surface area contributed by atoms with Crippen LogP contribution >= 0.6 is 0 Å². The topological polar surface area (TPSA) is 79.6 Å². The van der Waals surface area contributed by atoms with Crippen molar-refractivity contribution in [2.45, 2.75) is 25.5 Å². The average molecular weight is 212 g/mol. The van der Waals surface area contributed by atoms with Crippen LogP contribution in [0.5, 0.6) is 0 Å². The van der Waals surface area contributed by atoms with Crippen LogP contribution in [0.25, 0.3) is 0 Å². The third-order valence-corrected chi connectivity index (χ3v) is 2.15. The molecule has 0 aromatic heterocycles. The number of ether oxygens (including phenoxy) is 2. The molecule has 0 aliphatic carbocycles. The van der Waals surface area contributed by atoms with E-state index >= 15 is 0 Å². The van der Waals surface area contributed by atoms with Crippen LogP contribution in [0.1, 0.15) is 13.3 Å². The predicted molar refractivity (Wildman–Crippen MR) is 48.7 cm³/mol. The Morgan fingerprint density at radius 1 is 1.53 bits per heavy atom. The lowest BCUT2D eigenvalue weighted by molar-refractivity contribution is -0.145. The molecule has 0 aromatic carbocycles. The summed E-state index contributed by atoms with van der Waals surface area (Å²) in [5.41, 5.74) is 0. The fourth-order valence-electron chi connectivity index (χ4n) is 1.56. The molecular weight excluding hydrogens is 200 g/mol. The maximum absolute atomic E-state index is 11.2. The number of nitriles is 1. The molecule has 6 nitrogen and oxygen atoms in total. The number of esters is 1.